The van der Waals surface area contributed by atoms with Gasteiger partial charge in [-0.1, -0.05) is 78.3 Å². The molecule has 0 atom stereocenters. The molecule has 0 aliphatic carbocycles. The van der Waals surface area contributed by atoms with E-state index < -0.39 is 0 Å². The van der Waals surface area contributed by atoms with Crippen molar-refractivity contribution in [2.24, 2.45) is 0 Å². The second-order valence-electron chi connectivity index (χ2n) is 8.51. The van der Waals surface area contributed by atoms with Crippen molar-refractivity contribution in [1.29, 1.82) is 0 Å². The van der Waals surface area contributed by atoms with Gasteiger partial charge >= 0.3 is 0 Å². The van der Waals surface area contributed by atoms with E-state index in [9.17, 15) is 4.79 Å². The van der Waals surface area contributed by atoms with Crippen molar-refractivity contribution in [3.05, 3.63) is 112 Å². The summed E-state index contributed by atoms with van der Waals surface area (Å²) in [4.78, 5) is 22.4. The van der Waals surface area contributed by atoms with Crippen molar-refractivity contribution in [2.75, 3.05) is 26.2 Å². The zero-order valence-corrected chi connectivity index (χ0v) is 19.4. The molecule has 0 N–H and O–H groups in total. The van der Waals surface area contributed by atoms with E-state index in [4.69, 9.17) is 11.6 Å². The number of carbonyl (C=O) groups is 1. The number of rotatable bonds is 4. The van der Waals surface area contributed by atoms with Gasteiger partial charge in [-0.2, -0.15) is 0 Å². The fourth-order valence-corrected chi connectivity index (χ4v) is 4.86. The minimum Gasteiger partial charge on any atom is -0.336 e. The Labute approximate surface area is 199 Å². The molecule has 0 bridgehead atoms. The highest BCUT2D eigenvalue weighted by molar-refractivity contribution is 6.31. The molecule has 2 heterocycles. The smallest absolute Gasteiger partial charge is 0.255 e. The summed E-state index contributed by atoms with van der Waals surface area (Å²) in [5, 5.41) is 1.58. The summed E-state index contributed by atoms with van der Waals surface area (Å²) in [7, 11) is 0. The monoisotopic (exact) mass is 455 g/mol. The summed E-state index contributed by atoms with van der Waals surface area (Å²) in [6.07, 6.45) is 0. The van der Waals surface area contributed by atoms with Crippen molar-refractivity contribution in [3.63, 3.8) is 0 Å². The molecule has 0 unspecified atom stereocenters. The number of carbonyl (C=O) groups excluding carboxylic acids is 1. The molecule has 0 spiro atoms. The Morgan fingerprint density at radius 2 is 1.45 bits per heavy atom. The Morgan fingerprint density at radius 1 is 0.848 bits per heavy atom. The number of nitrogens with zero attached hydrogens (tertiary/aromatic N) is 3. The maximum absolute atomic E-state index is 13.4. The second-order valence-corrected chi connectivity index (χ2v) is 8.95. The topological polar surface area (TPSA) is 36.4 Å². The molecule has 1 aliphatic rings. The van der Waals surface area contributed by atoms with E-state index in [2.05, 4.69) is 70.5 Å². The lowest BCUT2D eigenvalue weighted by molar-refractivity contribution is 0.0596. The molecule has 4 nitrogen and oxygen atoms in total. The van der Waals surface area contributed by atoms with Crippen LogP contribution >= 0.6 is 11.6 Å². The average Bonchev–Trinajstić information content (AvgIpc) is 2.85. The van der Waals surface area contributed by atoms with Crippen LogP contribution in [-0.4, -0.2) is 46.9 Å². The van der Waals surface area contributed by atoms with Crippen LogP contribution in [0.1, 0.15) is 33.2 Å². The van der Waals surface area contributed by atoms with Crippen LogP contribution < -0.4 is 0 Å². The van der Waals surface area contributed by atoms with E-state index in [1.165, 1.54) is 11.1 Å². The first-order chi connectivity index (χ1) is 16.1. The quantitative estimate of drug-likeness (QED) is 0.393. The second kappa shape index (κ2) is 9.34. The summed E-state index contributed by atoms with van der Waals surface area (Å²) in [5.41, 5.74) is 4.77. The van der Waals surface area contributed by atoms with Gasteiger partial charge in [-0.3, -0.25) is 14.7 Å². The molecule has 5 rings (SSSR count). The van der Waals surface area contributed by atoms with E-state index in [0.717, 1.165) is 29.7 Å². The highest BCUT2D eigenvalue weighted by Gasteiger charge is 2.29. The summed E-state index contributed by atoms with van der Waals surface area (Å²) in [6.45, 7) is 4.90. The summed E-state index contributed by atoms with van der Waals surface area (Å²) < 4.78 is 0. The molecular formula is C28H26ClN3O. The first-order valence-electron chi connectivity index (χ1n) is 11.3. The number of halogens is 1. The zero-order valence-electron chi connectivity index (χ0n) is 18.6. The highest BCUT2D eigenvalue weighted by Crippen LogP contribution is 2.30. The molecule has 4 aromatic rings. The number of hydrogen-bond donors (Lipinski definition) is 0. The molecule has 3 aromatic carbocycles. The minimum absolute atomic E-state index is 0.0486. The number of piperazine rings is 1. The van der Waals surface area contributed by atoms with Gasteiger partial charge in [-0.05, 0) is 36.2 Å². The van der Waals surface area contributed by atoms with Crippen LogP contribution in [0.15, 0.2) is 84.9 Å². The Bertz CT molecular complexity index is 1230. The largest absolute Gasteiger partial charge is 0.336 e. The van der Waals surface area contributed by atoms with E-state index in [0.29, 0.717) is 23.7 Å². The highest BCUT2D eigenvalue weighted by atomic mass is 35.5. The third-order valence-corrected chi connectivity index (χ3v) is 6.63. The van der Waals surface area contributed by atoms with E-state index in [1.807, 2.05) is 36.1 Å². The number of fused-ring (bicyclic) bond motifs is 1. The summed E-state index contributed by atoms with van der Waals surface area (Å²) >= 11 is 6.10. The van der Waals surface area contributed by atoms with Gasteiger partial charge in [0.2, 0.25) is 0 Å². The lowest BCUT2D eigenvalue weighted by Crippen LogP contribution is -2.50. The molecule has 166 valence electrons. The standard InChI is InChI=1S/C28H26ClN3O/c1-20-25(18-23-12-13-24(29)19-26(23)30-20)28(33)32-16-14-31(15-17-32)27(21-8-4-2-5-9-21)22-10-6-3-7-11-22/h2-13,18-19,27H,14-17H2,1H3. The Morgan fingerprint density at radius 3 is 2.06 bits per heavy atom. The third kappa shape index (κ3) is 4.50. The number of benzene rings is 3. The van der Waals surface area contributed by atoms with Crippen LogP contribution in [-0.2, 0) is 0 Å². The lowest BCUT2D eigenvalue weighted by atomic mass is 9.96. The van der Waals surface area contributed by atoms with Crippen LogP contribution in [0, 0.1) is 6.92 Å². The molecule has 1 aliphatic heterocycles. The third-order valence-electron chi connectivity index (χ3n) is 6.40. The van der Waals surface area contributed by atoms with Crippen molar-refractivity contribution >= 4 is 28.4 Å². The molecule has 0 radical (unpaired) electrons. The molecule has 1 amide bonds. The molecule has 1 saturated heterocycles. The fourth-order valence-electron chi connectivity index (χ4n) is 4.69. The Balaban J connectivity index is 1.36. The van der Waals surface area contributed by atoms with Gasteiger partial charge in [0.1, 0.15) is 0 Å². The molecule has 1 aromatic heterocycles. The fraction of sp³-hybridized carbons (Fsp3) is 0.214. The predicted octanol–water partition coefficient (Wildman–Crippen LogP) is 5.74. The van der Waals surface area contributed by atoms with Gasteiger partial charge in [-0.25, -0.2) is 0 Å². The van der Waals surface area contributed by atoms with Crippen molar-refractivity contribution in [3.8, 4) is 0 Å². The van der Waals surface area contributed by atoms with Gasteiger partial charge < -0.3 is 4.90 Å². The van der Waals surface area contributed by atoms with E-state index >= 15 is 0 Å². The number of pyridine rings is 1. The van der Waals surface area contributed by atoms with Gasteiger partial charge in [0.15, 0.2) is 0 Å². The van der Waals surface area contributed by atoms with Crippen LogP contribution in [0.4, 0.5) is 0 Å². The van der Waals surface area contributed by atoms with Crippen LogP contribution in [0.2, 0.25) is 5.02 Å². The molecule has 1 fully saturated rings. The number of aryl methyl sites for hydroxylation is 1. The Hall–Kier alpha value is -3.21. The lowest BCUT2D eigenvalue weighted by Gasteiger charge is -2.40. The first kappa shape index (κ1) is 21.6. The van der Waals surface area contributed by atoms with Crippen molar-refractivity contribution in [2.45, 2.75) is 13.0 Å². The summed E-state index contributed by atoms with van der Waals surface area (Å²) in [6, 6.07) is 28.9. The van der Waals surface area contributed by atoms with Crippen LogP contribution in [0.3, 0.4) is 0 Å². The number of aromatic nitrogens is 1. The van der Waals surface area contributed by atoms with Gasteiger partial charge in [-0.15, -0.1) is 0 Å². The van der Waals surface area contributed by atoms with Gasteiger partial charge in [0.25, 0.3) is 5.91 Å². The van der Waals surface area contributed by atoms with E-state index in [1.54, 1.807) is 0 Å². The summed E-state index contributed by atoms with van der Waals surface area (Å²) in [5.74, 6) is 0.0486. The first-order valence-corrected chi connectivity index (χ1v) is 11.7. The van der Waals surface area contributed by atoms with E-state index in [-0.39, 0.29) is 11.9 Å². The van der Waals surface area contributed by atoms with Gasteiger partial charge in [0, 0.05) is 36.6 Å². The SMILES string of the molecule is Cc1nc2cc(Cl)ccc2cc1C(=O)N1CCN(C(c2ccccc2)c2ccccc2)CC1. The van der Waals surface area contributed by atoms with Crippen LogP contribution in [0.25, 0.3) is 10.9 Å². The zero-order chi connectivity index (χ0) is 22.8. The van der Waals surface area contributed by atoms with Gasteiger partial charge in [0.05, 0.1) is 22.8 Å². The average molecular weight is 456 g/mol. The number of hydrogen-bond acceptors (Lipinski definition) is 3. The Kier molecular flexibility index (Phi) is 6.12. The normalized spacial score (nSPS) is 14.7. The predicted molar refractivity (Wildman–Crippen MR) is 134 cm³/mol. The van der Waals surface area contributed by atoms with Crippen LogP contribution in [0.5, 0.6) is 0 Å². The minimum atomic E-state index is 0.0486. The van der Waals surface area contributed by atoms with Crippen molar-refractivity contribution in [1.82, 2.24) is 14.8 Å². The molecular weight excluding hydrogens is 430 g/mol. The molecule has 5 heteroatoms. The maximum Gasteiger partial charge on any atom is 0.255 e. The van der Waals surface area contributed by atoms with Crippen molar-refractivity contribution < 1.29 is 4.79 Å². The maximum atomic E-state index is 13.4. The molecule has 0 saturated carbocycles. The number of amides is 1. The molecule has 33 heavy (non-hydrogen) atoms.